The van der Waals surface area contributed by atoms with Crippen molar-refractivity contribution >= 4 is 12.3 Å². The van der Waals surface area contributed by atoms with Crippen molar-refractivity contribution in [3.8, 4) is 0 Å². The molecule has 1 amide bonds. The summed E-state index contributed by atoms with van der Waals surface area (Å²) >= 11 is 0. The van der Waals surface area contributed by atoms with E-state index in [1.807, 2.05) is 0 Å². The predicted octanol–water partition coefficient (Wildman–Crippen LogP) is 0.860. The lowest BCUT2D eigenvalue weighted by atomic mass is 10.2. The third-order valence-corrected chi connectivity index (χ3v) is 1.87. The van der Waals surface area contributed by atoms with E-state index in [1.54, 1.807) is 50.6 Å². The van der Waals surface area contributed by atoms with Gasteiger partial charge in [0, 0.05) is 12.4 Å². The van der Waals surface area contributed by atoms with E-state index in [9.17, 15) is 4.79 Å². The van der Waals surface area contributed by atoms with Gasteiger partial charge in [-0.05, 0) is 20.8 Å². The average molecular weight is 237 g/mol. The number of fused-ring (bicyclic) bond motifs is 1. The summed E-state index contributed by atoms with van der Waals surface area (Å²) in [7, 11) is 0. The van der Waals surface area contributed by atoms with Crippen LogP contribution in [0, 0.1) is 0 Å². The van der Waals surface area contributed by atoms with Crippen LogP contribution >= 0.6 is 0 Å². The summed E-state index contributed by atoms with van der Waals surface area (Å²) in [6, 6.07) is 0. The van der Waals surface area contributed by atoms with E-state index < -0.39 is 11.7 Å². The molecule has 0 saturated carbocycles. The molecule has 0 fully saturated rings. The molecule has 0 atom stereocenters. The van der Waals surface area contributed by atoms with Gasteiger partial charge in [0.15, 0.2) is 0 Å². The van der Waals surface area contributed by atoms with Gasteiger partial charge in [0.2, 0.25) is 0 Å². The number of carbonyl (C=O) groups excluding carboxylic acids is 1. The van der Waals surface area contributed by atoms with Crippen molar-refractivity contribution < 1.29 is 9.53 Å². The highest BCUT2D eigenvalue weighted by Gasteiger charge is 2.22. The number of allylic oxidation sites excluding steroid dienone is 1. The van der Waals surface area contributed by atoms with Gasteiger partial charge >= 0.3 is 6.09 Å². The van der Waals surface area contributed by atoms with Gasteiger partial charge in [0.25, 0.3) is 0 Å². The fourth-order valence-electron chi connectivity index (χ4n) is 1.29. The molecular formula is C10H15N5O2. The molecule has 0 radical (unpaired) electrons. The molecule has 92 valence electrons. The maximum atomic E-state index is 11.5. The Morgan fingerprint density at radius 2 is 2.29 bits per heavy atom. The van der Waals surface area contributed by atoms with Gasteiger partial charge in [-0.2, -0.15) is 0 Å². The first-order valence-corrected chi connectivity index (χ1v) is 5.20. The summed E-state index contributed by atoms with van der Waals surface area (Å²) < 4.78 is 5.12. The van der Waals surface area contributed by atoms with Gasteiger partial charge in [-0.15, -0.1) is 5.53 Å². The molecule has 2 aliphatic rings. The van der Waals surface area contributed by atoms with Crippen LogP contribution in [0.4, 0.5) is 4.79 Å². The lowest BCUT2D eigenvalue weighted by Gasteiger charge is -2.24. The standard InChI is InChI=1S/C10H15N5O2/c1-10(2,3)17-9(16)12-15-7-8-6-11-4-5-14(8)13-15/h4-7,13H,1-3H3,(H,12,16). The van der Waals surface area contributed by atoms with E-state index >= 15 is 0 Å². The Morgan fingerprint density at radius 3 is 2.94 bits per heavy atom. The Balaban J connectivity index is 1.90. The fourth-order valence-corrected chi connectivity index (χ4v) is 1.29. The average Bonchev–Trinajstić information content (AvgIpc) is 2.55. The summed E-state index contributed by atoms with van der Waals surface area (Å²) in [6.45, 7) is 5.42. The second-order valence-corrected chi connectivity index (χ2v) is 4.58. The van der Waals surface area contributed by atoms with Crippen LogP contribution in [0.5, 0.6) is 0 Å². The minimum Gasteiger partial charge on any atom is -0.443 e. The molecule has 2 heterocycles. The minimum absolute atomic E-state index is 0.522. The summed E-state index contributed by atoms with van der Waals surface area (Å²) in [4.78, 5) is 15.5. The van der Waals surface area contributed by atoms with E-state index in [0.717, 1.165) is 5.70 Å². The normalized spacial score (nSPS) is 17.9. The fraction of sp³-hybridized carbons (Fsp3) is 0.400. The molecule has 2 N–H and O–H groups in total. The summed E-state index contributed by atoms with van der Waals surface area (Å²) in [6.07, 6.45) is 6.22. The van der Waals surface area contributed by atoms with Crippen molar-refractivity contribution in [3.63, 3.8) is 0 Å². The van der Waals surface area contributed by atoms with Crippen LogP contribution in [-0.4, -0.2) is 28.0 Å². The molecule has 7 heteroatoms. The van der Waals surface area contributed by atoms with Crippen molar-refractivity contribution in [2.24, 2.45) is 4.99 Å². The zero-order valence-electron chi connectivity index (χ0n) is 9.97. The number of nitrogens with one attached hydrogen (secondary N) is 2. The van der Waals surface area contributed by atoms with Gasteiger partial charge in [-0.3, -0.25) is 10.0 Å². The quantitative estimate of drug-likeness (QED) is 0.708. The third-order valence-electron chi connectivity index (χ3n) is 1.87. The van der Waals surface area contributed by atoms with Gasteiger partial charge in [-0.25, -0.2) is 15.3 Å². The first-order valence-electron chi connectivity index (χ1n) is 5.20. The number of hydrogen-bond donors (Lipinski definition) is 2. The zero-order valence-corrected chi connectivity index (χ0v) is 9.97. The molecule has 7 nitrogen and oxygen atoms in total. The van der Waals surface area contributed by atoms with E-state index in [2.05, 4.69) is 16.0 Å². The van der Waals surface area contributed by atoms with Crippen molar-refractivity contribution in [3.05, 3.63) is 24.3 Å². The highest BCUT2D eigenvalue weighted by Crippen LogP contribution is 2.12. The monoisotopic (exact) mass is 237 g/mol. The highest BCUT2D eigenvalue weighted by molar-refractivity contribution is 5.79. The predicted molar refractivity (Wildman–Crippen MR) is 61.9 cm³/mol. The third kappa shape index (κ3) is 2.97. The van der Waals surface area contributed by atoms with Crippen LogP contribution < -0.4 is 11.0 Å². The van der Waals surface area contributed by atoms with Gasteiger partial charge in [-0.1, -0.05) is 0 Å². The van der Waals surface area contributed by atoms with Crippen molar-refractivity contribution in [2.75, 3.05) is 0 Å². The zero-order chi connectivity index (χ0) is 12.5. The Morgan fingerprint density at radius 1 is 1.53 bits per heavy atom. The molecule has 0 spiro atoms. The smallest absolute Gasteiger partial charge is 0.427 e. The van der Waals surface area contributed by atoms with Crippen molar-refractivity contribution in [1.29, 1.82) is 0 Å². The molecule has 0 aromatic heterocycles. The lowest BCUT2D eigenvalue weighted by molar-refractivity contribution is 0.0262. The van der Waals surface area contributed by atoms with Crippen LogP contribution in [0.2, 0.25) is 0 Å². The molecule has 2 aliphatic heterocycles. The Bertz CT molecular complexity index is 407. The van der Waals surface area contributed by atoms with Crippen molar-refractivity contribution in [1.82, 2.24) is 21.1 Å². The van der Waals surface area contributed by atoms with Crippen LogP contribution in [0.1, 0.15) is 20.8 Å². The second-order valence-electron chi connectivity index (χ2n) is 4.58. The van der Waals surface area contributed by atoms with Crippen LogP contribution in [0.15, 0.2) is 29.3 Å². The molecular weight excluding hydrogens is 222 g/mol. The van der Waals surface area contributed by atoms with Crippen LogP contribution in [0.3, 0.4) is 0 Å². The van der Waals surface area contributed by atoms with Crippen LogP contribution in [0.25, 0.3) is 0 Å². The molecule has 2 rings (SSSR count). The number of carbonyl (C=O) groups is 1. The molecule has 0 bridgehead atoms. The Hall–Kier alpha value is -2.02. The number of hydrogen-bond acceptors (Lipinski definition) is 6. The SMILES string of the molecule is CC(C)(C)OC(=O)NN1C=C2C=NC=CN2N1. The largest absolute Gasteiger partial charge is 0.443 e. The number of amides is 1. The Labute approximate surface area is 99.3 Å². The maximum absolute atomic E-state index is 11.5. The number of hydrazine groups is 3. The van der Waals surface area contributed by atoms with E-state index in [1.165, 1.54) is 5.12 Å². The first kappa shape index (κ1) is 11.5. The van der Waals surface area contributed by atoms with Gasteiger partial charge < -0.3 is 4.74 Å². The van der Waals surface area contributed by atoms with Crippen LogP contribution in [-0.2, 0) is 4.74 Å². The summed E-state index contributed by atoms with van der Waals surface area (Å²) in [5.74, 6) is 0. The summed E-state index contributed by atoms with van der Waals surface area (Å²) in [5.41, 5.74) is 5.73. The molecule has 17 heavy (non-hydrogen) atoms. The Kier molecular flexibility index (Phi) is 2.76. The van der Waals surface area contributed by atoms with Crippen molar-refractivity contribution in [2.45, 2.75) is 26.4 Å². The van der Waals surface area contributed by atoms with E-state index in [-0.39, 0.29) is 0 Å². The number of nitrogens with zero attached hydrogens (tertiary/aromatic N) is 3. The number of aliphatic imine (C=N–C) groups is 1. The first-order chi connectivity index (χ1) is 7.94. The van der Waals surface area contributed by atoms with Gasteiger partial charge in [0.1, 0.15) is 5.60 Å². The molecule has 0 unspecified atom stereocenters. The lowest BCUT2D eigenvalue weighted by Crippen LogP contribution is -2.49. The van der Waals surface area contributed by atoms with E-state index in [4.69, 9.17) is 4.74 Å². The van der Waals surface area contributed by atoms with E-state index in [0.29, 0.717) is 0 Å². The molecule has 0 aromatic carbocycles. The molecule has 0 aromatic rings. The molecule has 0 aliphatic carbocycles. The summed E-state index contributed by atoms with van der Waals surface area (Å²) in [5, 5.41) is 3.12. The number of rotatable bonds is 1. The molecule has 0 saturated heterocycles. The number of ether oxygens (including phenoxy) is 1. The second kappa shape index (κ2) is 4.10. The minimum atomic E-state index is -0.525. The maximum Gasteiger partial charge on any atom is 0.427 e. The van der Waals surface area contributed by atoms with Gasteiger partial charge in [0.05, 0.1) is 18.1 Å². The topological polar surface area (TPSA) is 69.2 Å². The highest BCUT2D eigenvalue weighted by atomic mass is 16.6.